The second-order valence-electron chi connectivity index (χ2n) is 6.59. The van der Waals surface area contributed by atoms with E-state index in [2.05, 4.69) is 20.9 Å². The number of carbonyl (C=O) groups excluding carboxylic acids is 2. The van der Waals surface area contributed by atoms with Gasteiger partial charge in [-0.2, -0.15) is 0 Å². The minimum absolute atomic E-state index is 0.0349. The van der Waals surface area contributed by atoms with Crippen LogP contribution in [0.4, 0.5) is 10.1 Å². The van der Waals surface area contributed by atoms with Gasteiger partial charge in [-0.05, 0) is 18.2 Å². The summed E-state index contributed by atoms with van der Waals surface area (Å²) in [6.45, 7) is 2.32. The molecule has 1 aromatic carbocycles. The SMILES string of the molecule is O=C(C[C@@H]1C(=O)NCCN1Cc1ccccc1F)NCCNc1cccnc1. The maximum Gasteiger partial charge on any atom is 0.237 e. The van der Waals surface area contributed by atoms with Gasteiger partial charge >= 0.3 is 0 Å². The Balaban J connectivity index is 1.50. The van der Waals surface area contributed by atoms with E-state index in [9.17, 15) is 14.0 Å². The summed E-state index contributed by atoms with van der Waals surface area (Å²) >= 11 is 0. The van der Waals surface area contributed by atoms with Crippen molar-refractivity contribution in [3.05, 3.63) is 60.2 Å². The molecule has 28 heavy (non-hydrogen) atoms. The van der Waals surface area contributed by atoms with E-state index in [4.69, 9.17) is 0 Å². The molecule has 7 nitrogen and oxygen atoms in total. The third-order valence-corrected chi connectivity index (χ3v) is 4.59. The lowest BCUT2D eigenvalue weighted by Gasteiger charge is -2.34. The summed E-state index contributed by atoms with van der Waals surface area (Å²) in [5, 5.41) is 8.75. The maximum atomic E-state index is 14.0. The van der Waals surface area contributed by atoms with Gasteiger partial charge in [0.1, 0.15) is 5.82 Å². The molecule has 2 aromatic rings. The van der Waals surface area contributed by atoms with Crippen LogP contribution in [0.5, 0.6) is 0 Å². The van der Waals surface area contributed by atoms with E-state index in [-0.39, 0.29) is 24.1 Å². The first-order chi connectivity index (χ1) is 13.6. The van der Waals surface area contributed by atoms with Gasteiger partial charge < -0.3 is 16.0 Å². The number of aromatic nitrogens is 1. The van der Waals surface area contributed by atoms with Gasteiger partial charge in [0.15, 0.2) is 0 Å². The molecule has 0 spiro atoms. The van der Waals surface area contributed by atoms with Crippen molar-refractivity contribution >= 4 is 17.5 Å². The lowest BCUT2D eigenvalue weighted by Crippen LogP contribution is -2.56. The molecule has 3 N–H and O–H groups in total. The zero-order chi connectivity index (χ0) is 19.8. The molecule has 1 atom stereocenters. The number of pyridine rings is 1. The average molecular weight is 385 g/mol. The van der Waals surface area contributed by atoms with E-state index < -0.39 is 6.04 Å². The van der Waals surface area contributed by atoms with Crippen LogP contribution in [0.3, 0.4) is 0 Å². The standard InChI is InChI=1S/C20H24FN5O2/c21-17-6-2-1-4-15(17)14-26-11-10-25-20(28)18(26)12-19(27)24-9-8-23-16-5-3-7-22-13-16/h1-7,13,18,23H,8-12,14H2,(H,24,27)(H,25,28)/t18-/m1/s1. The van der Waals surface area contributed by atoms with Gasteiger partial charge in [0.05, 0.1) is 18.2 Å². The number of carbonyl (C=O) groups is 2. The molecule has 3 rings (SSSR count). The van der Waals surface area contributed by atoms with Crippen molar-refractivity contribution in [2.75, 3.05) is 31.5 Å². The predicted molar refractivity (Wildman–Crippen MR) is 104 cm³/mol. The minimum Gasteiger partial charge on any atom is -0.382 e. The normalized spacial score (nSPS) is 17.0. The van der Waals surface area contributed by atoms with Crippen LogP contribution in [-0.2, 0) is 16.1 Å². The second-order valence-corrected chi connectivity index (χ2v) is 6.59. The van der Waals surface area contributed by atoms with Crippen molar-refractivity contribution in [1.82, 2.24) is 20.5 Å². The molecule has 1 aromatic heterocycles. The number of piperazine rings is 1. The number of hydrogen-bond acceptors (Lipinski definition) is 5. The van der Waals surface area contributed by atoms with E-state index >= 15 is 0 Å². The highest BCUT2D eigenvalue weighted by atomic mass is 19.1. The minimum atomic E-state index is -0.611. The number of halogens is 1. The quantitative estimate of drug-likeness (QED) is 0.594. The molecule has 0 bridgehead atoms. The largest absolute Gasteiger partial charge is 0.382 e. The fourth-order valence-electron chi connectivity index (χ4n) is 3.14. The summed E-state index contributed by atoms with van der Waals surface area (Å²) in [5.41, 5.74) is 1.39. The van der Waals surface area contributed by atoms with Crippen LogP contribution in [0.2, 0.25) is 0 Å². The number of benzene rings is 1. The molecule has 1 aliphatic heterocycles. The van der Waals surface area contributed by atoms with Gasteiger partial charge in [0.2, 0.25) is 11.8 Å². The topological polar surface area (TPSA) is 86.4 Å². The first kappa shape index (κ1) is 19.8. The zero-order valence-electron chi connectivity index (χ0n) is 15.5. The molecule has 8 heteroatoms. The highest BCUT2D eigenvalue weighted by Gasteiger charge is 2.31. The Bertz CT molecular complexity index is 802. The highest BCUT2D eigenvalue weighted by molar-refractivity contribution is 5.88. The Morgan fingerprint density at radius 2 is 2.11 bits per heavy atom. The van der Waals surface area contributed by atoms with Gasteiger partial charge in [-0.15, -0.1) is 0 Å². The van der Waals surface area contributed by atoms with Gasteiger partial charge in [0.25, 0.3) is 0 Å². The van der Waals surface area contributed by atoms with Crippen molar-refractivity contribution in [1.29, 1.82) is 0 Å². The van der Waals surface area contributed by atoms with Gasteiger partial charge in [-0.1, -0.05) is 18.2 Å². The van der Waals surface area contributed by atoms with E-state index in [1.165, 1.54) is 6.07 Å². The summed E-state index contributed by atoms with van der Waals surface area (Å²) in [6, 6.07) is 9.60. The molecule has 148 valence electrons. The summed E-state index contributed by atoms with van der Waals surface area (Å²) in [6.07, 6.45) is 3.43. The average Bonchev–Trinajstić information content (AvgIpc) is 2.70. The molecule has 2 amide bonds. The highest BCUT2D eigenvalue weighted by Crippen LogP contribution is 2.16. The van der Waals surface area contributed by atoms with Crippen LogP contribution < -0.4 is 16.0 Å². The Morgan fingerprint density at radius 3 is 2.89 bits per heavy atom. The molecular weight excluding hydrogens is 361 g/mol. The van der Waals surface area contributed by atoms with E-state index in [0.29, 0.717) is 38.3 Å². The molecular formula is C20H24FN5O2. The lowest BCUT2D eigenvalue weighted by atomic mass is 10.1. The summed E-state index contributed by atoms with van der Waals surface area (Å²) in [4.78, 5) is 30.4. The third kappa shape index (κ3) is 5.50. The molecule has 1 fully saturated rings. The number of nitrogens with one attached hydrogen (secondary N) is 3. The van der Waals surface area contributed by atoms with Crippen LogP contribution in [0.15, 0.2) is 48.8 Å². The van der Waals surface area contributed by atoms with E-state index in [1.54, 1.807) is 30.6 Å². The summed E-state index contributed by atoms with van der Waals surface area (Å²) in [7, 11) is 0. The maximum absolute atomic E-state index is 14.0. The van der Waals surface area contributed by atoms with E-state index in [1.807, 2.05) is 17.0 Å². The fraction of sp³-hybridized carbons (Fsp3) is 0.350. The van der Waals surface area contributed by atoms with Gasteiger partial charge in [-0.3, -0.25) is 19.5 Å². The van der Waals surface area contributed by atoms with Gasteiger partial charge in [-0.25, -0.2) is 4.39 Å². The van der Waals surface area contributed by atoms with Crippen molar-refractivity contribution in [2.24, 2.45) is 0 Å². The smallest absolute Gasteiger partial charge is 0.237 e. The second kappa shape index (κ2) is 9.80. The lowest BCUT2D eigenvalue weighted by molar-refractivity contribution is -0.134. The number of amides is 2. The molecule has 0 unspecified atom stereocenters. The van der Waals surface area contributed by atoms with Crippen LogP contribution in [0, 0.1) is 5.82 Å². The number of anilines is 1. The van der Waals surface area contributed by atoms with E-state index in [0.717, 1.165) is 5.69 Å². The van der Waals surface area contributed by atoms with Crippen molar-refractivity contribution in [3.8, 4) is 0 Å². The first-order valence-corrected chi connectivity index (χ1v) is 9.29. The molecule has 0 radical (unpaired) electrons. The van der Waals surface area contributed by atoms with Crippen LogP contribution in [-0.4, -0.2) is 53.9 Å². The van der Waals surface area contributed by atoms with Crippen LogP contribution in [0.25, 0.3) is 0 Å². The summed E-state index contributed by atoms with van der Waals surface area (Å²) < 4.78 is 14.0. The Morgan fingerprint density at radius 1 is 1.25 bits per heavy atom. The molecule has 1 saturated heterocycles. The molecule has 1 aliphatic rings. The number of nitrogens with zero attached hydrogens (tertiary/aromatic N) is 2. The van der Waals surface area contributed by atoms with Gasteiger partial charge in [0, 0.05) is 50.7 Å². The Hall–Kier alpha value is -3.00. The number of rotatable bonds is 8. The monoisotopic (exact) mass is 385 g/mol. The van der Waals surface area contributed by atoms with Crippen LogP contribution >= 0.6 is 0 Å². The Kier molecular flexibility index (Phi) is 6.91. The third-order valence-electron chi connectivity index (χ3n) is 4.59. The first-order valence-electron chi connectivity index (χ1n) is 9.29. The predicted octanol–water partition coefficient (Wildman–Crippen LogP) is 1.14. The van der Waals surface area contributed by atoms with Crippen molar-refractivity contribution in [3.63, 3.8) is 0 Å². The van der Waals surface area contributed by atoms with Crippen molar-refractivity contribution < 1.29 is 14.0 Å². The molecule has 2 heterocycles. The summed E-state index contributed by atoms with van der Waals surface area (Å²) in [5.74, 6) is -0.724. The van der Waals surface area contributed by atoms with Crippen LogP contribution in [0.1, 0.15) is 12.0 Å². The Labute approximate surface area is 163 Å². The zero-order valence-corrected chi connectivity index (χ0v) is 15.5. The molecule has 0 aliphatic carbocycles. The number of hydrogen-bond donors (Lipinski definition) is 3. The fourth-order valence-corrected chi connectivity index (χ4v) is 3.14. The van der Waals surface area contributed by atoms with Crippen molar-refractivity contribution in [2.45, 2.75) is 19.0 Å². The molecule has 0 saturated carbocycles.